The summed E-state index contributed by atoms with van der Waals surface area (Å²) in [6.07, 6.45) is 9.13. The van der Waals surface area contributed by atoms with Gasteiger partial charge in [-0.05, 0) is 44.1 Å². The number of hydrogen-bond acceptors (Lipinski definition) is 3. The lowest BCUT2D eigenvalue weighted by atomic mass is 10.1. The van der Waals surface area contributed by atoms with Crippen LogP contribution in [0.15, 0.2) is 18.5 Å². The summed E-state index contributed by atoms with van der Waals surface area (Å²) in [5.41, 5.74) is 7.33. The number of urea groups is 1. The van der Waals surface area contributed by atoms with Gasteiger partial charge in [-0.15, -0.1) is 0 Å². The van der Waals surface area contributed by atoms with E-state index in [2.05, 4.69) is 10.3 Å². The molecule has 0 aromatic carbocycles. The lowest BCUT2D eigenvalue weighted by molar-refractivity contribution is 0.100. The van der Waals surface area contributed by atoms with Crippen LogP contribution in [0.3, 0.4) is 0 Å². The number of carbonyl (C=O) groups excluding carboxylic acids is 2. The van der Waals surface area contributed by atoms with Crippen LogP contribution >= 0.6 is 0 Å². The van der Waals surface area contributed by atoms with Gasteiger partial charge in [-0.3, -0.25) is 4.79 Å². The maximum Gasteiger partial charge on any atom is 0.321 e. The maximum atomic E-state index is 12.4. The summed E-state index contributed by atoms with van der Waals surface area (Å²) in [4.78, 5) is 30.5. The van der Waals surface area contributed by atoms with Crippen molar-refractivity contribution in [2.75, 3.05) is 18.4 Å². The Hall–Kier alpha value is -2.57. The number of carbonyl (C=O) groups is 2. The molecule has 0 spiro atoms. The molecule has 2 aromatic rings. The Bertz CT molecular complexity index is 818. The van der Waals surface area contributed by atoms with Crippen LogP contribution in [0.25, 0.3) is 11.0 Å². The molecular formula is C18H23N5O2. The molecular weight excluding hydrogens is 318 g/mol. The van der Waals surface area contributed by atoms with Gasteiger partial charge in [-0.2, -0.15) is 0 Å². The van der Waals surface area contributed by atoms with Crippen molar-refractivity contribution < 1.29 is 9.59 Å². The largest absolute Gasteiger partial charge is 0.366 e. The van der Waals surface area contributed by atoms with Crippen molar-refractivity contribution in [3.8, 4) is 0 Å². The van der Waals surface area contributed by atoms with Crippen LogP contribution in [0, 0.1) is 5.92 Å². The molecule has 0 radical (unpaired) electrons. The minimum absolute atomic E-state index is 0.112. The maximum absolute atomic E-state index is 12.4. The fourth-order valence-electron chi connectivity index (χ4n) is 3.45. The third kappa shape index (κ3) is 3.31. The highest BCUT2D eigenvalue weighted by atomic mass is 16.2. The minimum atomic E-state index is -0.471. The number of fused-ring (bicyclic) bond motifs is 1. The average Bonchev–Trinajstić information content (AvgIpc) is 3.36. The third-order valence-electron chi connectivity index (χ3n) is 5.03. The molecule has 3 N–H and O–H groups in total. The normalized spacial score (nSPS) is 17.7. The summed E-state index contributed by atoms with van der Waals surface area (Å²) in [6, 6.07) is 1.69. The number of piperidine rings is 1. The summed E-state index contributed by atoms with van der Waals surface area (Å²) in [5.74, 6) is 0.192. The van der Waals surface area contributed by atoms with Crippen LogP contribution in [0.4, 0.5) is 10.5 Å². The molecule has 25 heavy (non-hydrogen) atoms. The molecule has 1 aliphatic heterocycles. The van der Waals surface area contributed by atoms with E-state index >= 15 is 0 Å². The van der Waals surface area contributed by atoms with Crippen molar-refractivity contribution in [1.29, 1.82) is 0 Å². The Morgan fingerprint density at radius 3 is 2.68 bits per heavy atom. The number of rotatable bonds is 4. The van der Waals surface area contributed by atoms with Gasteiger partial charge in [0.1, 0.15) is 5.65 Å². The van der Waals surface area contributed by atoms with Gasteiger partial charge in [0.15, 0.2) is 0 Å². The molecule has 4 rings (SSSR count). The first-order valence-electron chi connectivity index (χ1n) is 8.96. The Kier molecular flexibility index (Phi) is 4.07. The number of nitrogens with two attached hydrogens (primary N) is 1. The Morgan fingerprint density at radius 2 is 2.00 bits per heavy atom. The first-order valence-corrected chi connectivity index (χ1v) is 8.96. The van der Waals surface area contributed by atoms with Crippen molar-refractivity contribution in [3.63, 3.8) is 0 Å². The third-order valence-corrected chi connectivity index (χ3v) is 5.03. The Labute approximate surface area is 146 Å². The second-order valence-electron chi connectivity index (χ2n) is 7.08. The van der Waals surface area contributed by atoms with Gasteiger partial charge in [-0.1, -0.05) is 0 Å². The van der Waals surface area contributed by atoms with Crippen molar-refractivity contribution in [3.05, 3.63) is 24.0 Å². The molecule has 3 heterocycles. The van der Waals surface area contributed by atoms with Gasteiger partial charge in [0.2, 0.25) is 0 Å². The van der Waals surface area contributed by atoms with E-state index in [-0.39, 0.29) is 6.03 Å². The zero-order valence-electron chi connectivity index (χ0n) is 14.2. The number of aromatic nitrogens is 2. The number of amides is 3. The molecule has 1 aliphatic carbocycles. The van der Waals surface area contributed by atoms with Crippen LogP contribution in [0.1, 0.15) is 42.5 Å². The Morgan fingerprint density at radius 1 is 1.24 bits per heavy atom. The molecule has 0 atom stereocenters. The number of primary amides is 1. The SMILES string of the molecule is NC(=O)c1cn(CC2CC2)c2ncc(NC(=O)N3CCCCC3)cc12. The van der Waals surface area contributed by atoms with E-state index in [4.69, 9.17) is 5.73 Å². The summed E-state index contributed by atoms with van der Waals surface area (Å²) in [5, 5.41) is 3.59. The predicted molar refractivity (Wildman–Crippen MR) is 95.4 cm³/mol. The van der Waals surface area contributed by atoms with E-state index in [1.807, 2.05) is 9.47 Å². The predicted octanol–water partition coefficient (Wildman–Crippen LogP) is 2.56. The number of likely N-dealkylation sites (tertiary alicyclic amines) is 1. The zero-order chi connectivity index (χ0) is 17.4. The monoisotopic (exact) mass is 341 g/mol. The highest BCUT2D eigenvalue weighted by Gasteiger charge is 2.24. The second kappa shape index (κ2) is 6.38. The molecule has 132 valence electrons. The summed E-state index contributed by atoms with van der Waals surface area (Å²) >= 11 is 0. The molecule has 2 aliphatic rings. The highest BCUT2D eigenvalue weighted by molar-refractivity contribution is 6.06. The smallest absolute Gasteiger partial charge is 0.321 e. The second-order valence-corrected chi connectivity index (χ2v) is 7.08. The Balaban J connectivity index is 1.60. The molecule has 3 amide bonds. The fourth-order valence-corrected chi connectivity index (χ4v) is 3.45. The number of hydrogen-bond donors (Lipinski definition) is 2. The lowest BCUT2D eigenvalue weighted by Gasteiger charge is -2.26. The van der Waals surface area contributed by atoms with E-state index in [0.29, 0.717) is 22.6 Å². The molecule has 1 saturated carbocycles. The van der Waals surface area contributed by atoms with E-state index in [1.165, 1.54) is 19.3 Å². The van der Waals surface area contributed by atoms with Gasteiger partial charge < -0.3 is 20.5 Å². The first kappa shape index (κ1) is 15.9. The zero-order valence-corrected chi connectivity index (χ0v) is 14.2. The van der Waals surface area contributed by atoms with E-state index in [1.54, 1.807) is 18.5 Å². The van der Waals surface area contributed by atoms with Gasteiger partial charge in [0.25, 0.3) is 5.91 Å². The van der Waals surface area contributed by atoms with Crippen molar-refractivity contribution in [2.24, 2.45) is 11.7 Å². The molecule has 7 heteroatoms. The average molecular weight is 341 g/mol. The van der Waals surface area contributed by atoms with Crippen LogP contribution in [-0.4, -0.2) is 39.5 Å². The van der Waals surface area contributed by atoms with Gasteiger partial charge in [-0.25, -0.2) is 9.78 Å². The van der Waals surface area contributed by atoms with Gasteiger partial charge in [0, 0.05) is 31.2 Å². The number of anilines is 1. The standard InChI is InChI=1S/C18H23N5O2/c19-16(24)15-11-23(10-12-4-5-12)17-14(15)8-13(9-20-17)21-18(25)22-6-2-1-3-7-22/h8-9,11-12H,1-7,10H2,(H2,19,24)(H,21,25). The summed E-state index contributed by atoms with van der Waals surface area (Å²) in [6.45, 7) is 2.42. The molecule has 2 aromatic heterocycles. The van der Waals surface area contributed by atoms with Crippen LogP contribution in [0.5, 0.6) is 0 Å². The highest BCUT2D eigenvalue weighted by Crippen LogP contribution is 2.33. The summed E-state index contributed by atoms with van der Waals surface area (Å²) in [7, 11) is 0. The van der Waals surface area contributed by atoms with Gasteiger partial charge in [0.05, 0.1) is 17.4 Å². The van der Waals surface area contributed by atoms with E-state index in [0.717, 1.165) is 38.1 Å². The number of nitrogens with one attached hydrogen (secondary N) is 1. The van der Waals surface area contributed by atoms with E-state index in [9.17, 15) is 9.59 Å². The van der Waals surface area contributed by atoms with Crippen molar-refractivity contribution in [2.45, 2.75) is 38.6 Å². The van der Waals surface area contributed by atoms with Crippen molar-refractivity contribution in [1.82, 2.24) is 14.5 Å². The topological polar surface area (TPSA) is 93.2 Å². The van der Waals surface area contributed by atoms with Gasteiger partial charge >= 0.3 is 6.03 Å². The quantitative estimate of drug-likeness (QED) is 0.895. The number of nitrogens with zero attached hydrogens (tertiary/aromatic N) is 3. The van der Waals surface area contributed by atoms with Crippen molar-refractivity contribution >= 4 is 28.7 Å². The van der Waals surface area contributed by atoms with Crippen LogP contribution < -0.4 is 11.1 Å². The van der Waals surface area contributed by atoms with Crippen LogP contribution in [-0.2, 0) is 6.54 Å². The minimum Gasteiger partial charge on any atom is -0.366 e. The van der Waals surface area contributed by atoms with E-state index < -0.39 is 5.91 Å². The van der Waals surface area contributed by atoms with Crippen LogP contribution in [0.2, 0.25) is 0 Å². The lowest BCUT2D eigenvalue weighted by Crippen LogP contribution is -2.38. The molecule has 1 saturated heterocycles. The fraction of sp³-hybridized carbons (Fsp3) is 0.500. The molecule has 2 fully saturated rings. The molecule has 0 unspecified atom stereocenters. The summed E-state index contributed by atoms with van der Waals surface area (Å²) < 4.78 is 2.00. The molecule has 7 nitrogen and oxygen atoms in total. The first-order chi connectivity index (χ1) is 12.1. The number of pyridine rings is 1. The molecule has 0 bridgehead atoms.